The normalized spacial score (nSPS) is 10.9. The highest BCUT2D eigenvalue weighted by molar-refractivity contribution is 5.93. The van der Waals surface area contributed by atoms with E-state index in [0.29, 0.717) is 5.69 Å². The summed E-state index contributed by atoms with van der Waals surface area (Å²) in [6.45, 7) is 1.92. The summed E-state index contributed by atoms with van der Waals surface area (Å²) in [6.07, 6.45) is 0. The second kappa shape index (κ2) is 5.59. The average Bonchev–Trinajstić information content (AvgIpc) is 2.26. The molecule has 6 nitrogen and oxygen atoms in total. The lowest BCUT2D eigenvalue weighted by Crippen LogP contribution is -2.36. The number of benzene rings is 1. The predicted octanol–water partition coefficient (Wildman–Crippen LogP) is 0.863. The van der Waals surface area contributed by atoms with Crippen LogP contribution in [0.5, 0.6) is 0 Å². The molecule has 2 amide bonds. The van der Waals surface area contributed by atoms with Crippen molar-refractivity contribution in [2.24, 2.45) is 10.9 Å². The number of carbonyl (C=O) groups is 1. The summed E-state index contributed by atoms with van der Waals surface area (Å²) < 4.78 is 0. The molecule has 6 heteroatoms. The van der Waals surface area contributed by atoms with E-state index in [-0.39, 0.29) is 12.4 Å². The van der Waals surface area contributed by atoms with E-state index in [2.05, 4.69) is 15.8 Å². The Morgan fingerprint density at radius 2 is 2.31 bits per heavy atom. The van der Waals surface area contributed by atoms with Crippen molar-refractivity contribution in [2.45, 2.75) is 6.92 Å². The second-order valence-corrected chi connectivity index (χ2v) is 3.27. The Hall–Kier alpha value is -2.24. The molecule has 0 heterocycles. The number of anilines is 1. The van der Waals surface area contributed by atoms with E-state index in [0.717, 1.165) is 5.56 Å². The summed E-state index contributed by atoms with van der Waals surface area (Å²) in [6, 6.07) is 6.98. The Morgan fingerprint density at radius 1 is 1.56 bits per heavy atom. The maximum absolute atomic E-state index is 11.3. The van der Waals surface area contributed by atoms with Crippen LogP contribution < -0.4 is 16.4 Å². The van der Waals surface area contributed by atoms with Gasteiger partial charge in [0, 0.05) is 5.69 Å². The molecule has 0 atom stereocenters. The number of urea groups is 1. The van der Waals surface area contributed by atoms with Crippen molar-refractivity contribution in [3.05, 3.63) is 29.8 Å². The minimum atomic E-state index is -0.405. The number of hydrogen-bond acceptors (Lipinski definition) is 3. The minimum Gasteiger partial charge on any atom is -0.409 e. The number of oxime groups is 1. The molecule has 86 valence electrons. The van der Waals surface area contributed by atoms with Gasteiger partial charge >= 0.3 is 6.03 Å². The van der Waals surface area contributed by atoms with E-state index in [1.165, 1.54) is 0 Å². The molecule has 0 saturated carbocycles. The van der Waals surface area contributed by atoms with Gasteiger partial charge in [-0.15, -0.1) is 0 Å². The molecule has 0 fully saturated rings. The number of nitrogens with zero attached hydrogens (tertiary/aromatic N) is 1. The van der Waals surface area contributed by atoms with Gasteiger partial charge in [0.2, 0.25) is 0 Å². The van der Waals surface area contributed by atoms with E-state index < -0.39 is 6.03 Å². The summed E-state index contributed by atoms with van der Waals surface area (Å²) in [5.41, 5.74) is 6.94. The molecule has 0 bridgehead atoms. The van der Waals surface area contributed by atoms with Gasteiger partial charge in [0.15, 0.2) is 5.84 Å². The smallest absolute Gasteiger partial charge is 0.319 e. The fraction of sp³-hybridized carbons (Fsp3) is 0.200. The highest BCUT2D eigenvalue weighted by atomic mass is 16.4. The van der Waals surface area contributed by atoms with Crippen LogP contribution in [0.25, 0.3) is 0 Å². The van der Waals surface area contributed by atoms with Crippen LogP contribution in [0.4, 0.5) is 10.5 Å². The molecule has 0 aliphatic carbocycles. The van der Waals surface area contributed by atoms with Gasteiger partial charge in [-0.1, -0.05) is 17.3 Å². The van der Waals surface area contributed by atoms with Crippen LogP contribution in [-0.2, 0) is 0 Å². The Kier molecular flexibility index (Phi) is 4.14. The van der Waals surface area contributed by atoms with Crippen LogP contribution in [0.1, 0.15) is 5.56 Å². The third-order valence-corrected chi connectivity index (χ3v) is 1.83. The van der Waals surface area contributed by atoms with E-state index in [4.69, 9.17) is 10.9 Å². The van der Waals surface area contributed by atoms with Gasteiger partial charge in [0.25, 0.3) is 0 Å². The van der Waals surface area contributed by atoms with Crippen molar-refractivity contribution < 1.29 is 10.0 Å². The van der Waals surface area contributed by atoms with Crippen LogP contribution in [0.15, 0.2) is 29.4 Å². The monoisotopic (exact) mass is 222 g/mol. The molecule has 0 aliphatic heterocycles. The van der Waals surface area contributed by atoms with Crippen molar-refractivity contribution in [1.82, 2.24) is 5.32 Å². The Morgan fingerprint density at radius 3 is 2.94 bits per heavy atom. The lowest BCUT2D eigenvalue weighted by Gasteiger charge is -2.07. The Labute approximate surface area is 93.1 Å². The first-order chi connectivity index (χ1) is 7.61. The Bertz CT molecular complexity index is 404. The van der Waals surface area contributed by atoms with E-state index in [1.54, 1.807) is 6.07 Å². The number of nitrogens with one attached hydrogen (secondary N) is 2. The van der Waals surface area contributed by atoms with E-state index >= 15 is 0 Å². The summed E-state index contributed by atoms with van der Waals surface area (Å²) in [5.74, 6) is -0.0561. The van der Waals surface area contributed by atoms with Gasteiger partial charge < -0.3 is 21.6 Å². The number of aryl methyl sites for hydroxylation is 1. The maximum Gasteiger partial charge on any atom is 0.319 e. The zero-order chi connectivity index (χ0) is 12.0. The largest absolute Gasteiger partial charge is 0.409 e. The first kappa shape index (κ1) is 11.8. The highest BCUT2D eigenvalue weighted by Crippen LogP contribution is 2.08. The predicted molar refractivity (Wildman–Crippen MR) is 61.6 cm³/mol. The van der Waals surface area contributed by atoms with Crippen molar-refractivity contribution in [2.75, 3.05) is 11.9 Å². The SMILES string of the molecule is Cc1cccc(NC(=O)NC/C(N)=N/O)c1. The number of amides is 2. The zero-order valence-corrected chi connectivity index (χ0v) is 8.90. The van der Waals surface area contributed by atoms with Crippen molar-refractivity contribution in [1.29, 1.82) is 0 Å². The maximum atomic E-state index is 11.3. The molecule has 1 aromatic rings. The molecule has 0 saturated heterocycles. The quantitative estimate of drug-likeness (QED) is 0.264. The molecule has 1 aromatic carbocycles. The molecule has 0 aromatic heterocycles. The van der Waals surface area contributed by atoms with E-state index in [9.17, 15) is 4.79 Å². The van der Waals surface area contributed by atoms with Crippen LogP contribution in [0.2, 0.25) is 0 Å². The molecule has 0 aliphatic rings. The summed E-state index contributed by atoms with van der Waals surface area (Å²) in [5, 5.41) is 16.1. The van der Waals surface area contributed by atoms with Gasteiger partial charge in [-0.2, -0.15) is 0 Å². The van der Waals surface area contributed by atoms with Gasteiger partial charge in [0.1, 0.15) is 0 Å². The third kappa shape index (κ3) is 3.87. The Balaban J connectivity index is 2.46. The van der Waals surface area contributed by atoms with Crippen molar-refractivity contribution in [3.8, 4) is 0 Å². The van der Waals surface area contributed by atoms with Gasteiger partial charge in [-0.05, 0) is 24.6 Å². The fourth-order valence-electron chi connectivity index (χ4n) is 1.10. The molecule has 0 unspecified atom stereocenters. The second-order valence-electron chi connectivity index (χ2n) is 3.27. The molecule has 16 heavy (non-hydrogen) atoms. The topological polar surface area (TPSA) is 99.7 Å². The first-order valence-corrected chi connectivity index (χ1v) is 4.69. The number of hydrogen-bond donors (Lipinski definition) is 4. The molecule has 0 radical (unpaired) electrons. The summed E-state index contributed by atoms with van der Waals surface area (Å²) in [4.78, 5) is 11.3. The standard InChI is InChI=1S/C10H14N4O2/c1-7-3-2-4-8(5-7)13-10(15)12-6-9(11)14-16/h2-5,16H,6H2,1H3,(H2,11,14)(H2,12,13,15). The fourth-order valence-corrected chi connectivity index (χ4v) is 1.10. The number of carbonyl (C=O) groups excluding carboxylic acids is 1. The first-order valence-electron chi connectivity index (χ1n) is 4.69. The van der Waals surface area contributed by atoms with Crippen LogP contribution in [0, 0.1) is 6.92 Å². The van der Waals surface area contributed by atoms with Crippen LogP contribution in [-0.4, -0.2) is 23.6 Å². The van der Waals surface area contributed by atoms with E-state index in [1.807, 2.05) is 25.1 Å². The minimum absolute atomic E-state index is 0.00580. The summed E-state index contributed by atoms with van der Waals surface area (Å²) in [7, 11) is 0. The lowest BCUT2D eigenvalue weighted by atomic mass is 10.2. The molecular formula is C10H14N4O2. The van der Waals surface area contributed by atoms with Crippen molar-refractivity contribution >= 4 is 17.6 Å². The molecular weight excluding hydrogens is 208 g/mol. The third-order valence-electron chi connectivity index (χ3n) is 1.83. The zero-order valence-electron chi connectivity index (χ0n) is 8.90. The number of rotatable bonds is 3. The van der Waals surface area contributed by atoms with Gasteiger partial charge in [0.05, 0.1) is 6.54 Å². The van der Waals surface area contributed by atoms with Crippen molar-refractivity contribution in [3.63, 3.8) is 0 Å². The average molecular weight is 222 g/mol. The number of nitrogens with two attached hydrogens (primary N) is 1. The van der Waals surface area contributed by atoms with Gasteiger partial charge in [-0.25, -0.2) is 4.79 Å². The van der Waals surface area contributed by atoms with Gasteiger partial charge in [-0.3, -0.25) is 0 Å². The molecule has 5 N–H and O–H groups in total. The molecule has 1 rings (SSSR count). The van der Waals surface area contributed by atoms with Crippen LogP contribution >= 0.6 is 0 Å². The highest BCUT2D eigenvalue weighted by Gasteiger charge is 2.01. The lowest BCUT2D eigenvalue weighted by molar-refractivity contribution is 0.253. The molecule has 0 spiro atoms. The number of amidine groups is 1. The summed E-state index contributed by atoms with van der Waals surface area (Å²) >= 11 is 0. The van der Waals surface area contributed by atoms with Crippen LogP contribution in [0.3, 0.4) is 0 Å².